The lowest BCUT2D eigenvalue weighted by Gasteiger charge is -2.11. The van der Waals surface area contributed by atoms with Crippen LogP contribution >= 0.6 is 0 Å². The van der Waals surface area contributed by atoms with Gasteiger partial charge < -0.3 is 4.74 Å². The first kappa shape index (κ1) is 20.6. The van der Waals surface area contributed by atoms with Crippen molar-refractivity contribution in [3.05, 3.63) is 43.0 Å². The molecule has 0 saturated carbocycles. The van der Waals surface area contributed by atoms with Crippen LogP contribution in [0.2, 0.25) is 0 Å². The minimum atomic E-state index is -4.49. The first-order valence-electron chi connectivity index (χ1n) is 8.23. The number of alkyl halides is 3. The molecule has 0 aliphatic rings. The predicted octanol–water partition coefficient (Wildman–Crippen LogP) is 2.73. The van der Waals surface area contributed by atoms with Gasteiger partial charge in [0.1, 0.15) is 16.3 Å². The summed E-state index contributed by atoms with van der Waals surface area (Å²) in [7, 11) is -3.70. The molecule has 3 rings (SSSR count). The van der Waals surface area contributed by atoms with Crippen LogP contribution < -0.4 is 4.74 Å². The van der Waals surface area contributed by atoms with Crippen LogP contribution in [0.3, 0.4) is 0 Å². The summed E-state index contributed by atoms with van der Waals surface area (Å²) >= 11 is 0. The van der Waals surface area contributed by atoms with Crippen molar-refractivity contribution in [2.24, 2.45) is 0 Å². The Kier molecular flexibility index (Phi) is 5.73. The van der Waals surface area contributed by atoms with Gasteiger partial charge in [0.05, 0.1) is 23.8 Å². The van der Waals surface area contributed by atoms with Gasteiger partial charge in [-0.3, -0.25) is 4.98 Å². The second kappa shape index (κ2) is 8.07. The van der Waals surface area contributed by atoms with E-state index < -0.39 is 22.6 Å². The lowest BCUT2D eigenvalue weighted by molar-refractivity contribution is -0.153. The van der Waals surface area contributed by atoms with Crippen LogP contribution in [-0.2, 0) is 9.84 Å². The number of ether oxygens (including phenoxy) is 1. The van der Waals surface area contributed by atoms with E-state index in [1.54, 1.807) is 6.07 Å². The summed E-state index contributed by atoms with van der Waals surface area (Å²) < 4.78 is 66.3. The minimum Gasteiger partial charge on any atom is -0.483 e. The molecule has 3 aromatic heterocycles. The number of halogens is 3. The second-order valence-corrected chi connectivity index (χ2v) is 7.91. The molecule has 3 heterocycles. The minimum absolute atomic E-state index is 0.00771. The molecule has 0 atom stereocenters. The van der Waals surface area contributed by atoms with Gasteiger partial charge in [0, 0.05) is 12.4 Å². The van der Waals surface area contributed by atoms with Crippen LogP contribution in [0.5, 0.6) is 5.75 Å². The quantitative estimate of drug-likeness (QED) is 0.593. The maximum Gasteiger partial charge on any atom is 0.422 e. The summed E-state index contributed by atoms with van der Waals surface area (Å²) in [5.41, 5.74) is 0.114. The van der Waals surface area contributed by atoms with E-state index in [1.807, 2.05) is 0 Å². The van der Waals surface area contributed by atoms with Gasteiger partial charge >= 0.3 is 6.18 Å². The Morgan fingerprint density at radius 2 is 1.72 bits per heavy atom. The fourth-order valence-electron chi connectivity index (χ4n) is 2.23. The molecule has 0 unspecified atom stereocenters. The van der Waals surface area contributed by atoms with Crippen molar-refractivity contribution in [1.29, 1.82) is 0 Å². The number of pyridine rings is 1. The monoisotopic (exact) mass is 425 g/mol. The summed E-state index contributed by atoms with van der Waals surface area (Å²) in [4.78, 5) is 20.2. The number of hydrogen-bond acceptors (Lipinski definition) is 8. The van der Waals surface area contributed by atoms with E-state index in [-0.39, 0.29) is 39.4 Å². The highest BCUT2D eigenvalue weighted by Crippen LogP contribution is 2.27. The number of rotatable bonds is 6. The first-order chi connectivity index (χ1) is 13.7. The lowest BCUT2D eigenvalue weighted by Crippen LogP contribution is -2.19. The summed E-state index contributed by atoms with van der Waals surface area (Å²) in [5, 5.41) is 0. The molecule has 8 nitrogen and oxygen atoms in total. The molecular weight excluding hydrogens is 411 g/mol. The Balaban J connectivity index is 2.03. The summed E-state index contributed by atoms with van der Waals surface area (Å²) in [6, 6.07) is 4.16. The van der Waals surface area contributed by atoms with Crippen molar-refractivity contribution in [3.63, 3.8) is 0 Å². The summed E-state index contributed by atoms with van der Waals surface area (Å²) in [5.74, 6) is -0.0575. The van der Waals surface area contributed by atoms with E-state index in [1.165, 1.54) is 31.5 Å². The maximum atomic E-state index is 12.4. The number of nitrogens with zero attached hydrogens (tertiary/aromatic N) is 5. The molecule has 12 heteroatoms. The summed E-state index contributed by atoms with van der Waals surface area (Å²) in [6.45, 7) is 0.00132. The zero-order chi connectivity index (χ0) is 21.1. The van der Waals surface area contributed by atoms with E-state index in [0.29, 0.717) is 0 Å². The van der Waals surface area contributed by atoms with E-state index >= 15 is 0 Å². The predicted molar refractivity (Wildman–Crippen MR) is 95.6 cm³/mol. The molecule has 29 heavy (non-hydrogen) atoms. The average Bonchev–Trinajstić information content (AvgIpc) is 2.72. The standard InChI is InChI=1S/C17H14F3N5O3S/c1-2-29(26,27)13-9-24-16(15-21-6-3-7-22-15)25-14(13)12-5-4-11(8-23-12)28-10-17(18,19)20/h3-9H,2,10H2,1H3. The van der Waals surface area contributed by atoms with Gasteiger partial charge in [-0.05, 0) is 18.2 Å². The molecule has 0 aliphatic carbocycles. The Bertz CT molecular complexity index is 1090. The number of sulfone groups is 1. The highest BCUT2D eigenvalue weighted by Gasteiger charge is 2.28. The number of hydrogen-bond donors (Lipinski definition) is 0. The zero-order valence-corrected chi connectivity index (χ0v) is 15.8. The van der Waals surface area contributed by atoms with Crippen molar-refractivity contribution < 1.29 is 26.3 Å². The summed E-state index contributed by atoms with van der Waals surface area (Å²) in [6.07, 6.45) is 0.672. The van der Waals surface area contributed by atoms with Crippen LogP contribution in [-0.4, -0.2) is 51.9 Å². The van der Waals surface area contributed by atoms with Gasteiger partial charge in [-0.15, -0.1) is 0 Å². The highest BCUT2D eigenvalue weighted by molar-refractivity contribution is 7.91. The Morgan fingerprint density at radius 3 is 2.31 bits per heavy atom. The lowest BCUT2D eigenvalue weighted by atomic mass is 10.2. The normalized spacial score (nSPS) is 12.0. The second-order valence-electron chi connectivity index (χ2n) is 5.67. The van der Waals surface area contributed by atoms with Gasteiger partial charge in [0.2, 0.25) is 0 Å². The highest BCUT2D eigenvalue weighted by atomic mass is 32.2. The molecule has 0 spiro atoms. The Morgan fingerprint density at radius 1 is 1.00 bits per heavy atom. The molecule has 3 aromatic rings. The SMILES string of the molecule is CCS(=O)(=O)c1cnc(-c2ncccn2)nc1-c1ccc(OCC(F)(F)F)cn1. The van der Waals surface area contributed by atoms with Gasteiger partial charge in [-0.1, -0.05) is 6.92 Å². The van der Waals surface area contributed by atoms with Gasteiger partial charge in [-0.2, -0.15) is 13.2 Å². The zero-order valence-electron chi connectivity index (χ0n) is 15.0. The third-order valence-corrected chi connectivity index (χ3v) is 5.35. The molecule has 0 radical (unpaired) electrons. The number of aromatic nitrogens is 5. The van der Waals surface area contributed by atoms with E-state index in [2.05, 4.69) is 29.7 Å². The third kappa shape index (κ3) is 5.02. The van der Waals surface area contributed by atoms with Crippen LogP contribution in [0.15, 0.2) is 47.9 Å². The molecule has 0 N–H and O–H groups in total. The van der Waals surface area contributed by atoms with Crippen LogP contribution in [0, 0.1) is 0 Å². The van der Waals surface area contributed by atoms with Crippen molar-refractivity contribution in [2.45, 2.75) is 18.0 Å². The Hall–Kier alpha value is -3.15. The largest absolute Gasteiger partial charge is 0.483 e. The van der Waals surface area contributed by atoms with Crippen LogP contribution in [0.4, 0.5) is 13.2 Å². The molecule has 0 aliphatic heterocycles. The molecule has 152 valence electrons. The maximum absolute atomic E-state index is 12.4. The average molecular weight is 425 g/mol. The first-order valence-corrected chi connectivity index (χ1v) is 9.88. The van der Waals surface area contributed by atoms with Crippen LogP contribution in [0.1, 0.15) is 6.92 Å². The molecule has 0 amide bonds. The van der Waals surface area contributed by atoms with E-state index in [0.717, 1.165) is 12.4 Å². The van der Waals surface area contributed by atoms with Crippen molar-refractivity contribution in [2.75, 3.05) is 12.4 Å². The van der Waals surface area contributed by atoms with Crippen molar-refractivity contribution in [3.8, 4) is 28.8 Å². The molecule has 0 bridgehead atoms. The Labute approximate surface area is 163 Å². The molecular formula is C17H14F3N5O3S. The van der Waals surface area contributed by atoms with Crippen molar-refractivity contribution in [1.82, 2.24) is 24.9 Å². The fourth-order valence-corrected chi connectivity index (χ4v) is 3.20. The molecule has 0 aromatic carbocycles. The van der Waals surface area contributed by atoms with E-state index in [9.17, 15) is 21.6 Å². The third-order valence-electron chi connectivity index (χ3n) is 3.62. The van der Waals surface area contributed by atoms with E-state index in [4.69, 9.17) is 0 Å². The topological polar surface area (TPSA) is 108 Å². The van der Waals surface area contributed by atoms with Crippen LogP contribution in [0.25, 0.3) is 23.0 Å². The van der Waals surface area contributed by atoms with Gasteiger partial charge in [-0.25, -0.2) is 28.4 Å². The fraction of sp³-hybridized carbons (Fsp3) is 0.235. The van der Waals surface area contributed by atoms with Crippen molar-refractivity contribution >= 4 is 9.84 Å². The van der Waals surface area contributed by atoms with Gasteiger partial charge in [0.15, 0.2) is 28.1 Å². The molecule has 0 saturated heterocycles. The van der Waals surface area contributed by atoms with Gasteiger partial charge in [0.25, 0.3) is 0 Å². The smallest absolute Gasteiger partial charge is 0.422 e. The molecule has 0 fully saturated rings.